The van der Waals surface area contributed by atoms with Gasteiger partial charge in [0.05, 0.1) is 5.75 Å². The zero-order valence-electron chi connectivity index (χ0n) is 12.8. The molecular weight excluding hydrogens is 405 g/mol. The molecule has 0 aromatic carbocycles. The third-order valence-corrected chi connectivity index (χ3v) is 7.92. The van der Waals surface area contributed by atoms with Crippen molar-refractivity contribution < 1.29 is 23.4 Å². The maximum Gasteiger partial charge on any atom is 0.410 e. The van der Waals surface area contributed by atoms with Crippen LogP contribution in [0.4, 0.5) is 9.18 Å². The molecular formula is C14H17BrFN3O4S. The molecule has 4 N–H and O–H groups in total. The fourth-order valence-electron chi connectivity index (χ4n) is 3.31. The van der Waals surface area contributed by atoms with E-state index in [2.05, 4.69) is 31.2 Å². The Morgan fingerprint density at radius 2 is 2.12 bits per heavy atom. The summed E-state index contributed by atoms with van der Waals surface area (Å²) in [6, 6.07) is 1.47. The largest absolute Gasteiger partial charge is 0.465 e. The summed E-state index contributed by atoms with van der Waals surface area (Å²) < 4.78 is 35.2. The van der Waals surface area contributed by atoms with Crippen LogP contribution in [0.1, 0.15) is 31.7 Å². The van der Waals surface area contributed by atoms with E-state index in [0.29, 0.717) is 17.3 Å². The van der Waals surface area contributed by atoms with Gasteiger partial charge in [-0.2, -0.15) is 15.0 Å². The van der Waals surface area contributed by atoms with Gasteiger partial charge in [0.25, 0.3) is 0 Å². The van der Waals surface area contributed by atoms with Crippen LogP contribution < -0.4 is 5.32 Å². The first-order chi connectivity index (χ1) is 11.1. The van der Waals surface area contributed by atoms with E-state index in [9.17, 15) is 18.3 Å². The number of aromatic nitrogens is 1. The smallest absolute Gasteiger partial charge is 0.410 e. The average molecular weight is 422 g/mol. The molecule has 1 aliphatic carbocycles. The molecule has 1 spiro atoms. The van der Waals surface area contributed by atoms with E-state index in [1.54, 1.807) is 6.92 Å². The van der Waals surface area contributed by atoms with Gasteiger partial charge in [0, 0.05) is 16.2 Å². The topological polar surface area (TPSA) is 115 Å². The van der Waals surface area contributed by atoms with Crippen molar-refractivity contribution in [2.75, 3.05) is 5.75 Å². The zero-order valence-corrected chi connectivity index (χ0v) is 15.2. The van der Waals surface area contributed by atoms with Crippen molar-refractivity contribution in [3.05, 3.63) is 28.2 Å². The lowest BCUT2D eigenvalue weighted by atomic mass is 9.82. The van der Waals surface area contributed by atoms with Gasteiger partial charge in [-0.3, -0.25) is 19.4 Å². The number of nitrogens with one attached hydrogen (secondary N) is 1. The summed E-state index contributed by atoms with van der Waals surface area (Å²) in [6.07, 6.45) is 1.57. The van der Waals surface area contributed by atoms with Gasteiger partial charge in [0.1, 0.15) is 16.1 Å². The van der Waals surface area contributed by atoms with Crippen LogP contribution in [0.25, 0.3) is 0 Å². The molecule has 1 aromatic rings. The Morgan fingerprint density at radius 1 is 1.46 bits per heavy atom. The first kappa shape index (κ1) is 17.6. The summed E-state index contributed by atoms with van der Waals surface area (Å²) in [4.78, 5) is 19.2. The van der Waals surface area contributed by atoms with Crippen molar-refractivity contribution in [3.8, 4) is 0 Å². The third kappa shape index (κ3) is 2.61. The molecule has 1 aliphatic heterocycles. The number of hydrogen-bond donors (Lipinski definition) is 4. The monoisotopic (exact) mass is 421 g/mol. The molecule has 1 amide bonds. The average Bonchev–Trinajstić information content (AvgIpc) is 2.37. The zero-order chi connectivity index (χ0) is 17.8. The van der Waals surface area contributed by atoms with Crippen molar-refractivity contribution >= 4 is 38.4 Å². The van der Waals surface area contributed by atoms with Crippen molar-refractivity contribution in [1.82, 2.24) is 10.3 Å². The van der Waals surface area contributed by atoms with E-state index in [1.165, 1.54) is 12.3 Å². The molecule has 0 bridgehead atoms. The molecule has 2 heterocycles. The summed E-state index contributed by atoms with van der Waals surface area (Å²) in [6.45, 7) is 1.54. The Kier molecular flexibility index (Phi) is 4.14. The summed E-state index contributed by atoms with van der Waals surface area (Å²) in [7, 11) is -3.23. The van der Waals surface area contributed by atoms with Crippen LogP contribution in [0.3, 0.4) is 0 Å². The minimum absolute atomic E-state index is 0.00521. The first-order valence-corrected chi connectivity index (χ1v) is 9.78. The van der Waals surface area contributed by atoms with Crippen LogP contribution in [-0.2, 0) is 5.54 Å². The highest BCUT2D eigenvalue weighted by molar-refractivity contribution is 9.10. The maximum atomic E-state index is 14.2. The Morgan fingerprint density at radius 3 is 2.67 bits per heavy atom. The molecule has 132 valence electrons. The summed E-state index contributed by atoms with van der Waals surface area (Å²) in [5.41, 5.74) is -1.26. The minimum atomic E-state index is -3.23. The molecule has 24 heavy (non-hydrogen) atoms. The lowest BCUT2D eigenvalue weighted by Gasteiger charge is -2.60. The van der Waals surface area contributed by atoms with Gasteiger partial charge in [-0.1, -0.05) is 0 Å². The number of hydrogen-bond acceptors (Lipinski definition) is 5. The van der Waals surface area contributed by atoms with E-state index in [1.807, 2.05) is 0 Å². The SMILES string of the molecule is CC1(c2cc(Br)cnc2F)CS(O)(O)C2(CCC2)C(NC(=O)O)=N1. The Balaban J connectivity index is 2.16. The summed E-state index contributed by atoms with van der Waals surface area (Å²) >= 11 is 3.21. The molecule has 1 fully saturated rings. The lowest BCUT2D eigenvalue weighted by Crippen LogP contribution is -2.61. The summed E-state index contributed by atoms with van der Waals surface area (Å²) in [5.74, 6) is -0.965. The van der Waals surface area contributed by atoms with E-state index >= 15 is 0 Å². The molecule has 0 saturated heterocycles. The highest BCUT2D eigenvalue weighted by atomic mass is 79.9. The second-order valence-electron chi connectivity index (χ2n) is 6.32. The van der Waals surface area contributed by atoms with E-state index in [4.69, 9.17) is 5.11 Å². The highest BCUT2D eigenvalue weighted by Gasteiger charge is 2.59. The van der Waals surface area contributed by atoms with Crippen molar-refractivity contribution in [2.45, 2.75) is 36.5 Å². The van der Waals surface area contributed by atoms with E-state index in [-0.39, 0.29) is 17.2 Å². The number of carbonyl (C=O) groups is 1. The summed E-state index contributed by atoms with van der Waals surface area (Å²) in [5, 5.41) is 11.3. The molecule has 7 nitrogen and oxygen atoms in total. The third-order valence-electron chi connectivity index (χ3n) is 4.67. The fraction of sp³-hybridized carbons (Fsp3) is 0.500. The van der Waals surface area contributed by atoms with Crippen molar-refractivity contribution in [1.29, 1.82) is 0 Å². The Hall–Kier alpha value is -1.23. The van der Waals surface area contributed by atoms with Crippen LogP contribution in [0.15, 0.2) is 21.7 Å². The number of aliphatic imine (C=N–C) groups is 1. The number of pyridine rings is 1. The number of amidine groups is 1. The number of amides is 1. The predicted molar refractivity (Wildman–Crippen MR) is 92.1 cm³/mol. The van der Waals surface area contributed by atoms with Gasteiger partial charge in [-0.15, -0.1) is 0 Å². The minimum Gasteiger partial charge on any atom is -0.465 e. The van der Waals surface area contributed by atoms with Gasteiger partial charge >= 0.3 is 6.09 Å². The van der Waals surface area contributed by atoms with Crippen LogP contribution in [0.2, 0.25) is 0 Å². The molecule has 0 radical (unpaired) electrons. The second kappa shape index (κ2) is 5.65. The Bertz CT molecular complexity index is 741. The van der Waals surface area contributed by atoms with Gasteiger partial charge in [-0.25, -0.2) is 9.78 Å². The molecule has 1 aromatic heterocycles. The van der Waals surface area contributed by atoms with Crippen LogP contribution in [0.5, 0.6) is 0 Å². The number of carboxylic acid groups (broad SMARTS) is 1. The quantitative estimate of drug-likeness (QED) is 0.517. The van der Waals surface area contributed by atoms with E-state index < -0.39 is 32.9 Å². The lowest BCUT2D eigenvalue weighted by molar-refractivity contribution is 0.199. The van der Waals surface area contributed by atoms with Gasteiger partial charge < -0.3 is 5.11 Å². The van der Waals surface area contributed by atoms with Gasteiger partial charge in [-0.05, 0) is 48.2 Å². The van der Waals surface area contributed by atoms with Gasteiger partial charge in [0.2, 0.25) is 5.95 Å². The second-order valence-corrected chi connectivity index (χ2v) is 9.63. The molecule has 1 saturated carbocycles. The fourth-order valence-corrected chi connectivity index (χ4v) is 6.27. The van der Waals surface area contributed by atoms with Crippen molar-refractivity contribution in [3.63, 3.8) is 0 Å². The van der Waals surface area contributed by atoms with Crippen LogP contribution >= 0.6 is 26.5 Å². The van der Waals surface area contributed by atoms with Crippen LogP contribution in [-0.4, -0.2) is 41.6 Å². The normalized spacial score (nSPS) is 28.6. The Labute approximate surface area is 147 Å². The molecule has 1 unspecified atom stereocenters. The van der Waals surface area contributed by atoms with E-state index in [0.717, 1.165) is 6.42 Å². The number of halogens is 2. The van der Waals surface area contributed by atoms with Gasteiger partial charge in [0.15, 0.2) is 0 Å². The predicted octanol–water partition coefficient (Wildman–Crippen LogP) is 3.55. The van der Waals surface area contributed by atoms with Crippen molar-refractivity contribution in [2.24, 2.45) is 4.99 Å². The first-order valence-electron chi connectivity index (χ1n) is 7.27. The highest BCUT2D eigenvalue weighted by Crippen LogP contribution is 2.66. The van der Waals surface area contributed by atoms with Crippen LogP contribution in [0, 0.1) is 5.95 Å². The number of nitrogens with zero attached hydrogens (tertiary/aromatic N) is 2. The number of rotatable bonds is 1. The molecule has 1 atom stereocenters. The maximum absolute atomic E-state index is 14.2. The molecule has 2 aliphatic rings. The standard InChI is InChI=1S/C14H17BrFN3O4S/c1-13(9-5-8(15)6-17-10(9)16)7-24(22,23)14(3-2-4-14)11(19-13)18-12(20)21/h5-6,22-23H,2-4,7H2,1H3,(H,18,19)(H,20,21). The molecule has 3 rings (SSSR count). The molecule has 10 heteroatoms.